The van der Waals surface area contributed by atoms with Gasteiger partial charge in [0.05, 0.1) is 40.3 Å². The molecule has 0 amide bonds. The van der Waals surface area contributed by atoms with Crippen LogP contribution in [0.4, 0.5) is 0 Å². The van der Waals surface area contributed by atoms with Crippen molar-refractivity contribution in [2.75, 3.05) is 0 Å². The van der Waals surface area contributed by atoms with Gasteiger partial charge in [-0.2, -0.15) is 0 Å². The van der Waals surface area contributed by atoms with E-state index in [4.69, 9.17) is 0 Å². The quantitative estimate of drug-likeness (QED) is 0.159. The van der Waals surface area contributed by atoms with E-state index in [1.807, 2.05) is 77.6 Å². The van der Waals surface area contributed by atoms with Crippen molar-refractivity contribution in [3.05, 3.63) is 158 Å². The number of aromatic nitrogens is 2. The molecule has 314 valence electrons. The molecule has 0 N–H and O–H groups in total. The van der Waals surface area contributed by atoms with Crippen LogP contribution in [0.15, 0.2) is 115 Å². The maximum atomic E-state index is 14.5. The average molecular weight is 1020 g/mol. The first kappa shape index (κ1) is 40.8. The maximum Gasteiger partial charge on any atom is 0.267 e. The molecule has 0 saturated carbocycles. The summed E-state index contributed by atoms with van der Waals surface area (Å²) in [7, 11) is 0. The number of hydrogen-bond acceptors (Lipinski definition) is 14. The molecule has 12 aromatic rings. The lowest BCUT2D eigenvalue weighted by atomic mass is 10.2. The molecule has 0 bridgehead atoms. The molecular weight excluding hydrogens is 989 g/mol. The zero-order valence-corrected chi connectivity index (χ0v) is 42.0. The zero-order chi connectivity index (χ0) is 43.7. The molecule has 0 radical (unpaired) electrons. The predicted octanol–water partition coefficient (Wildman–Crippen LogP) is 15.5. The van der Waals surface area contributed by atoms with Crippen molar-refractivity contribution in [2.45, 2.75) is 27.7 Å². The lowest BCUT2D eigenvalue weighted by Gasteiger charge is -1.97. The van der Waals surface area contributed by atoms with Crippen molar-refractivity contribution < 1.29 is 0 Å². The van der Waals surface area contributed by atoms with Gasteiger partial charge in [-0.25, -0.2) is 9.13 Å². The summed E-state index contributed by atoms with van der Waals surface area (Å²) in [5.41, 5.74) is 1.26. The molecule has 6 nitrogen and oxygen atoms in total. The lowest BCUT2D eigenvalue weighted by molar-refractivity contribution is 0.999. The number of rotatable bonds is 7. The number of aryl methyl sites for hydroxylation is 4. The minimum atomic E-state index is -0.312. The van der Waals surface area contributed by atoms with Gasteiger partial charge < -0.3 is 0 Å². The predicted molar refractivity (Wildman–Crippen MR) is 285 cm³/mol. The fourth-order valence-corrected chi connectivity index (χ4v) is 18.9. The monoisotopic (exact) mass is 1020 g/mol. The first-order valence-corrected chi connectivity index (χ1v) is 28.0. The van der Waals surface area contributed by atoms with Crippen LogP contribution in [-0.4, -0.2) is 9.13 Å². The largest absolute Gasteiger partial charge is 0.268 e. The van der Waals surface area contributed by atoms with E-state index >= 15 is 0 Å². The van der Waals surface area contributed by atoms with Gasteiger partial charge >= 0.3 is 0 Å². The lowest BCUT2D eigenvalue weighted by Crippen LogP contribution is -2.27. The van der Waals surface area contributed by atoms with E-state index in [9.17, 15) is 19.2 Å². The molecule has 12 heterocycles. The maximum absolute atomic E-state index is 14.5. The highest BCUT2D eigenvalue weighted by atomic mass is 32.1. The first-order valence-electron chi connectivity index (χ1n) is 19.7. The van der Waals surface area contributed by atoms with Crippen LogP contribution in [0.25, 0.3) is 99.1 Å². The molecule has 0 unspecified atom stereocenters. The van der Waals surface area contributed by atoms with E-state index in [0.29, 0.717) is 31.5 Å². The molecule has 0 aliphatic rings. The van der Waals surface area contributed by atoms with E-state index < -0.39 is 0 Å². The molecule has 12 rings (SSSR count). The van der Waals surface area contributed by atoms with Crippen molar-refractivity contribution in [3.63, 3.8) is 0 Å². The van der Waals surface area contributed by atoms with Crippen LogP contribution in [0.5, 0.6) is 0 Å². The Morgan fingerprint density at radius 1 is 0.375 bits per heavy atom. The van der Waals surface area contributed by atoms with Gasteiger partial charge in [0.2, 0.25) is 0 Å². The molecule has 0 atom stereocenters. The standard InChI is InChI=1S/C48H28N2O4S10/c1-21-15-33(58-24(21)4)34-16-22(2)40(61-34)37-20-28-44(64-37)43-27(47(53)50(48(28)54)39-8-6-14-56-39)19-36(63-43)32-12-10-30(60-32)29-9-11-31(59-29)35-18-26-42(62-35)41-25(17-23(3)57-41)45(51)49(46(26)52)38-7-5-13-55-38/h5-20H,1-4H3. The number of fused-ring (bicyclic) bond motifs is 6. The minimum Gasteiger partial charge on any atom is -0.268 e. The zero-order valence-electron chi connectivity index (χ0n) is 33.8. The highest BCUT2D eigenvalue weighted by Crippen LogP contribution is 2.49. The minimum absolute atomic E-state index is 0.286. The number of hydrogen-bond donors (Lipinski definition) is 0. The second kappa shape index (κ2) is 15.4. The molecule has 0 fully saturated rings. The summed E-state index contributed by atoms with van der Waals surface area (Å²) in [4.78, 5) is 70.0. The highest BCUT2D eigenvalue weighted by Gasteiger charge is 2.23. The van der Waals surface area contributed by atoms with E-state index in [2.05, 4.69) is 57.2 Å². The van der Waals surface area contributed by atoms with Crippen LogP contribution >= 0.6 is 113 Å². The van der Waals surface area contributed by atoms with Gasteiger partial charge in [0.25, 0.3) is 22.2 Å². The molecule has 64 heavy (non-hydrogen) atoms. The van der Waals surface area contributed by atoms with Gasteiger partial charge in [0.1, 0.15) is 10.0 Å². The molecule has 16 heteroatoms. The van der Waals surface area contributed by atoms with Crippen molar-refractivity contribution in [1.29, 1.82) is 0 Å². The average Bonchev–Trinajstić information content (AvgIpc) is 4.09. The van der Waals surface area contributed by atoms with E-state index in [1.165, 1.54) is 57.6 Å². The van der Waals surface area contributed by atoms with Crippen LogP contribution < -0.4 is 22.2 Å². The third-order valence-electron chi connectivity index (χ3n) is 11.1. The highest BCUT2D eigenvalue weighted by molar-refractivity contribution is 7.34. The number of thiophene rings is 10. The Morgan fingerprint density at radius 3 is 1.25 bits per heavy atom. The molecular formula is C48H28N2O4S10. The fourth-order valence-electron chi connectivity index (χ4n) is 7.96. The summed E-state index contributed by atoms with van der Waals surface area (Å²) in [6, 6.07) is 28.2. The van der Waals surface area contributed by atoms with Crippen LogP contribution in [0.3, 0.4) is 0 Å². The van der Waals surface area contributed by atoms with Gasteiger partial charge in [-0.15, -0.1) is 113 Å². The Bertz CT molecular complexity index is 4090. The SMILES string of the molecule is Cc1cc2c(=O)n(-c3cccs3)c(=O)c3cc(-c4ccc(-c5ccc(-c6cc7c(=O)n(-c8cccs8)c(=O)c8cc(-c9sc(-c%10cc(C)c(C)s%10)cc9C)sc8c7s6)s5)s4)sc3c2s1. The normalized spacial score (nSPS) is 12.0. The fraction of sp³-hybridized carbons (Fsp3) is 0.0833. The molecule has 0 saturated heterocycles. The third-order valence-corrected chi connectivity index (χ3v) is 23.2. The van der Waals surface area contributed by atoms with Crippen molar-refractivity contribution >= 4 is 154 Å². The van der Waals surface area contributed by atoms with Crippen LogP contribution in [-0.2, 0) is 0 Å². The molecule has 12 aromatic heterocycles. The molecule has 0 aromatic carbocycles. The number of nitrogens with zero attached hydrogens (tertiary/aromatic N) is 2. The summed E-state index contributed by atoms with van der Waals surface area (Å²) in [6.45, 7) is 8.44. The van der Waals surface area contributed by atoms with Crippen molar-refractivity contribution in [3.8, 4) is 58.8 Å². The van der Waals surface area contributed by atoms with Gasteiger partial charge in [0, 0.05) is 58.5 Å². The van der Waals surface area contributed by atoms with Crippen LogP contribution in [0.2, 0.25) is 0 Å². The van der Waals surface area contributed by atoms with Crippen molar-refractivity contribution in [1.82, 2.24) is 9.13 Å². The Morgan fingerprint density at radius 2 is 0.781 bits per heavy atom. The Kier molecular flexibility index (Phi) is 9.84. The van der Waals surface area contributed by atoms with Gasteiger partial charge in [-0.3, -0.25) is 19.2 Å². The molecule has 0 spiro atoms. The van der Waals surface area contributed by atoms with Crippen LogP contribution in [0.1, 0.15) is 20.9 Å². The summed E-state index contributed by atoms with van der Waals surface area (Å²) in [5, 5.41) is 7.17. The smallest absolute Gasteiger partial charge is 0.267 e. The summed E-state index contributed by atoms with van der Waals surface area (Å²) < 4.78 is 6.01. The second-order valence-corrected chi connectivity index (χ2v) is 26.0. The van der Waals surface area contributed by atoms with Gasteiger partial charge in [0.15, 0.2) is 0 Å². The Balaban J connectivity index is 0.954. The van der Waals surface area contributed by atoms with E-state index in [-0.39, 0.29) is 22.2 Å². The Labute approximate surface area is 403 Å². The van der Waals surface area contributed by atoms with Crippen LogP contribution in [0, 0.1) is 27.7 Å². The third kappa shape index (κ3) is 6.48. The Hall–Kier alpha value is -4.72. The topological polar surface area (TPSA) is 78.1 Å². The molecule has 0 aliphatic heterocycles. The first-order chi connectivity index (χ1) is 31.0. The second-order valence-electron chi connectivity index (χ2n) is 15.3. The van der Waals surface area contributed by atoms with E-state index in [0.717, 1.165) is 62.7 Å². The van der Waals surface area contributed by atoms with Crippen molar-refractivity contribution in [2.24, 2.45) is 0 Å². The summed E-state index contributed by atoms with van der Waals surface area (Å²) in [6.07, 6.45) is 0. The van der Waals surface area contributed by atoms with E-state index in [1.54, 1.807) is 79.4 Å². The summed E-state index contributed by atoms with van der Waals surface area (Å²) in [5.74, 6) is 0. The summed E-state index contributed by atoms with van der Waals surface area (Å²) >= 11 is 15.9. The van der Waals surface area contributed by atoms with Gasteiger partial charge in [-0.05, 0) is 135 Å². The van der Waals surface area contributed by atoms with Gasteiger partial charge in [-0.1, -0.05) is 0 Å². The molecule has 0 aliphatic carbocycles.